The maximum atomic E-state index is 14.8. The summed E-state index contributed by atoms with van der Waals surface area (Å²) in [5.74, 6) is 0.270. The first-order chi connectivity index (χ1) is 32.1. The standard InChI is InChI=1S/C51H47Cl2N5O8S/c1-30(2)26-55-49-19-18-48(31(3)56-49)67(62,63)58-27-39-24-46-45(65-29-47(66-46)37-13-15-40(16-14-37)64-28-34-8-17-41(52)42(53)20-34)23-38(39)22-44(58)50(59)57-43(51(60)61)21-32-4-9-35(10-5-32)36-11-6-33(25-54)7-12-36/h4-20,23-24,30,43-44,47H,21-22,26-29H2,1-3H3,(H,55,56)(H,57,59)(H,60,61)/t43-,44?,47+/m0/s1. The van der Waals surface area contributed by atoms with Gasteiger partial charge in [0.05, 0.1) is 27.4 Å². The average Bonchev–Trinajstić information content (AvgIpc) is 3.32. The first-order valence-corrected chi connectivity index (χ1v) is 23.8. The van der Waals surface area contributed by atoms with Crippen LogP contribution in [0.25, 0.3) is 11.1 Å². The third kappa shape index (κ3) is 10.8. The molecule has 2 aliphatic rings. The normalized spacial score (nSPS) is 16.1. The summed E-state index contributed by atoms with van der Waals surface area (Å²) < 4.78 is 49.4. The topological polar surface area (TPSA) is 180 Å². The molecule has 0 fully saturated rings. The van der Waals surface area contributed by atoms with Gasteiger partial charge in [-0.05, 0) is 119 Å². The number of carbonyl (C=O) groups excluding carboxylic acids is 1. The molecule has 6 aromatic rings. The predicted molar refractivity (Wildman–Crippen MR) is 255 cm³/mol. The highest BCUT2D eigenvalue weighted by Gasteiger charge is 2.42. The Hall–Kier alpha value is -6.63. The van der Waals surface area contributed by atoms with Crippen LogP contribution in [0.3, 0.4) is 0 Å². The zero-order chi connectivity index (χ0) is 47.4. The van der Waals surface area contributed by atoms with Crippen molar-refractivity contribution in [2.45, 2.75) is 69.8 Å². The first kappa shape index (κ1) is 46.9. The number of nitrogens with zero attached hydrogens (tertiary/aromatic N) is 3. The number of rotatable bonds is 15. The molecule has 3 N–H and O–H groups in total. The summed E-state index contributed by atoms with van der Waals surface area (Å²) in [6, 6.07) is 33.1. The quantitative estimate of drug-likeness (QED) is 0.0893. The molecular weight excluding hydrogens is 914 g/mol. The van der Waals surface area contributed by atoms with Crippen LogP contribution < -0.4 is 24.8 Å². The lowest BCUT2D eigenvalue weighted by atomic mass is 9.93. The minimum Gasteiger partial charge on any atom is -0.489 e. The second kappa shape index (κ2) is 20.1. The van der Waals surface area contributed by atoms with E-state index in [0.717, 1.165) is 26.6 Å². The smallest absolute Gasteiger partial charge is 0.326 e. The SMILES string of the molecule is Cc1nc(NCC(C)C)ccc1S(=O)(=O)N1Cc2cc3c(cc2CC1C(=O)N[C@@H](Cc1ccc(-c2ccc(C#N)cc2)cc1)C(=O)O)OC[C@H](c1ccc(OCc2ccc(Cl)c(Cl)c2)cc1)O3. The van der Waals surface area contributed by atoms with Crippen molar-refractivity contribution >= 4 is 50.9 Å². The number of nitriles is 1. The Labute approximate surface area is 399 Å². The number of carboxylic acids is 1. The highest BCUT2D eigenvalue weighted by Crippen LogP contribution is 2.42. The number of hydrogen-bond acceptors (Lipinski definition) is 10. The minimum atomic E-state index is -4.41. The van der Waals surface area contributed by atoms with Crippen LogP contribution in [0.2, 0.25) is 10.0 Å². The molecule has 5 aromatic carbocycles. The molecule has 0 saturated carbocycles. The van der Waals surface area contributed by atoms with Crippen molar-refractivity contribution in [3.05, 3.63) is 164 Å². The van der Waals surface area contributed by atoms with E-state index in [2.05, 4.69) is 21.7 Å². The molecule has 13 nitrogen and oxygen atoms in total. The van der Waals surface area contributed by atoms with Gasteiger partial charge in [-0.3, -0.25) is 4.79 Å². The Morgan fingerprint density at radius 1 is 0.896 bits per heavy atom. The molecular formula is C51H47Cl2N5O8S. The molecule has 1 amide bonds. The molecule has 1 aromatic heterocycles. The largest absolute Gasteiger partial charge is 0.489 e. The van der Waals surface area contributed by atoms with Crippen LogP contribution in [0.15, 0.2) is 120 Å². The maximum Gasteiger partial charge on any atom is 0.326 e. The Morgan fingerprint density at radius 3 is 2.24 bits per heavy atom. The van der Waals surface area contributed by atoms with Crippen molar-refractivity contribution in [3.63, 3.8) is 0 Å². The molecule has 8 rings (SSSR count). The predicted octanol–water partition coefficient (Wildman–Crippen LogP) is 9.32. The van der Waals surface area contributed by atoms with Crippen molar-refractivity contribution in [2.24, 2.45) is 5.92 Å². The number of anilines is 1. The van der Waals surface area contributed by atoms with Crippen LogP contribution in [0, 0.1) is 24.2 Å². The van der Waals surface area contributed by atoms with Gasteiger partial charge in [0.2, 0.25) is 15.9 Å². The second-order valence-electron chi connectivity index (χ2n) is 16.9. The number of fused-ring (bicyclic) bond motifs is 2. The van der Waals surface area contributed by atoms with E-state index in [-0.39, 0.29) is 36.6 Å². The van der Waals surface area contributed by atoms with E-state index in [9.17, 15) is 23.1 Å². The Morgan fingerprint density at radius 2 is 1.58 bits per heavy atom. The van der Waals surface area contributed by atoms with E-state index in [4.69, 9.17) is 42.7 Å². The highest BCUT2D eigenvalue weighted by molar-refractivity contribution is 7.89. The van der Waals surface area contributed by atoms with Gasteiger partial charge in [0.15, 0.2) is 17.6 Å². The molecule has 0 radical (unpaired) electrons. The van der Waals surface area contributed by atoms with Crippen molar-refractivity contribution in [1.82, 2.24) is 14.6 Å². The molecule has 344 valence electrons. The number of carbonyl (C=O) groups is 2. The zero-order valence-corrected chi connectivity index (χ0v) is 39.2. The molecule has 16 heteroatoms. The van der Waals surface area contributed by atoms with E-state index < -0.39 is 40.1 Å². The first-order valence-electron chi connectivity index (χ1n) is 21.6. The number of aliphatic carboxylic acids is 1. The molecule has 3 heterocycles. The number of sulfonamides is 1. The fourth-order valence-corrected chi connectivity index (χ4v) is 10.0. The summed E-state index contributed by atoms with van der Waals surface area (Å²) in [5.41, 5.74) is 6.11. The van der Waals surface area contributed by atoms with Crippen LogP contribution in [0.1, 0.15) is 59.0 Å². The molecule has 67 heavy (non-hydrogen) atoms. The van der Waals surface area contributed by atoms with Gasteiger partial charge in [0.1, 0.15) is 41.8 Å². The number of carboxylic acid groups (broad SMARTS) is 1. The fraction of sp³-hybridized carbons (Fsp3) is 0.255. The second-order valence-corrected chi connectivity index (χ2v) is 19.6. The van der Waals surface area contributed by atoms with Crippen LogP contribution in [0.5, 0.6) is 17.2 Å². The number of ether oxygens (including phenoxy) is 3. The minimum absolute atomic E-state index is 0.0625. The summed E-state index contributed by atoms with van der Waals surface area (Å²) in [5, 5.41) is 26.3. The highest BCUT2D eigenvalue weighted by atomic mass is 35.5. The number of halogens is 2. The lowest BCUT2D eigenvalue weighted by molar-refractivity contribution is -0.142. The van der Waals surface area contributed by atoms with Gasteiger partial charge in [-0.1, -0.05) is 91.6 Å². The van der Waals surface area contributed by atoms with E-state index >= 15 is 0 Å². The lowest BCUT2D eigenvalue weighted by Gasteiger charge is -2.37. The molecule has 0 bridgehead atoms. The van der Waals surface area contributed by atoms with Crippen LogP contribution in [-0.2, 0) is 45.6 Å². The van der Waals surface area contributed by atoms with Gasteiger partial charge in [0.25, 0.3) is 0 Å². The average molecular weight is 961 g/mol. The van der Waals surface area contributed by atoms with E-state index in [1.807, 2.05) is 68.4 Å². The van der Waals surface area contributed by atoms with E-state index in [0.29, 0.717) is 74.4 Å². The summed E-state index contributed by atoms with van der Waals surface area (Å²) in [7, 11) is -4.41. The lowest BCUT2D eigenvalue weighted by Crippen LogP contribution is -2.55. The molecule has 0 aliphatic carbocycles. The summed E-state index contributed by atoms with van der Waals surface area (Å²) >= 11 is 12.2. The molecule has 0 saturated heterocycles. The third-order valence-corrected chi connectivity index (χ3v) is 14.4. The zero-order valence-electron chi connectivity index (χ0n) is 36.8. The molecule has 0 spiro atoms. The number of aromatic nitrogens is 1. The van der Waals surface area contributed by atoms with Crippen LogP contribution in [0.4, 0.5) is 5.82 Å². The summed E-state index contributed by atoms with van der Waals surface area (Å²) in [6.07, 6.45) is -0.628. The third-order valence-electron chi connectivity index (χ3n) is 11.6. The van der Waals surface area contributed by atoms with Crippen molar-refractivity contribution < 1.29 is 37.3 Å². The number of amides is 1. The van der Waals surface area contributed by atoms with Crippen molar-refractivity contribution in [3.8, 4) is 34.4 Å². The van der Waals surface area contributed by atoms with Gasteiger partial charge < -0.3 is 30.0 Å². The number of aryl methyl sites for hydroxylation is 1. The van der Waals surface area contributed by atoms with Crippen LogP contribution >= 0.6 is 23.2 Å². The van der Waals surface area contributed by atoms with E-state index in [1.165, 1.54) is 6.07 Å². The van der Waals surface area contributed by atoms with Gasteiger partial charge in [-0.2, -0.15) is 9.57 Å². The van der Waals surface area contributed by atoms with Gasteiger partial charge in [-0.25, -0.2) is 18.2 Å². The van der Waals surface area contributed by atoms with Gasteiger partial charge in [0, 0.05) is 19.5 Å². The Bertz CT molecular complexity index is 2960. The maximum absolute atomic E-state index is 14.8. The van der Waals surface area contributed by atoms with Crippen molar-refractivity contribution in [2.75, 3.05) is 18.5 Å². The Kier molecular flexibility index (Phi) is 14.1. The number of hydrogen-bond donors (Lipinski definition) is 3. The molecule has 1 unspecified atom stereocenters. The number of benzene rings is 5. The van der Waals surface area contributed by atoms with E-state index in [1.54, 1.807) is 61.5 Å². The van der Waals surface area contributed by atoms with Gasteiger partial charge >= 0.3 is 5.97 Å². The fourth-order valence-electron chi connectivity index (χ4n) is 7.97. The molecule has 3 atom stereocenters. The number of nitrogens with one attached hydrogen (secondary N) is 2. The summed E-state index contributed by atoms with van der Waals surface area (Å²) in [6.45, 7) is 6.59. The molecule has 2 aliphatic heterocycles. The van der Waals surface area contributed by atoms with Crippen molar-refractivity contribution in [1.29, 1.82) is 5.26 Å². The summed E-state index contributed by atoms with van der Waals surface area (Å²) in [4.78, 5) is 31.6. The number of pyridine rings is 1. The Balaban J connectivity index is 1.03. The van der Waals surface area contributed by atoms with Gasteiger partial charge in [-0.15, -0.1) is 0 Å². The van der Waals surface area contributed by atoms with Crippen LogP contribution in [-0.4, -0.2) is 59.9 Å². The monoisotopic (exact) mass is 959 g/mol.